The Morgan fingerprint density at radius 3 is 2.60 bits per heavy atom. The Hall–Kier alpha value is -0.930. The highest BCUT2D eigenvalue weighted by Gasteiger charge is 2.37. The van der Waals surface area contributed by atoms with Gasteiger partial charge in [-0.25, -0.2) is 4.39 Å². The normalized spacial score (nSPS) is 24.6. The van der Waals surface area contributed by atoms with Crippen molar-refractivity contribution in [3.8, 4) is 0 Å². The summed E-state index contributed by atoms with van der Waals surface area (Å²) in [5, 5.41) is 3.70. The second kappa shape index (κ2) is 6.23. The Balaban J connectivity index is 2.23. The Kier molecular flexibility index (Phi) is 4.82. The number of hydrogen-bond donors (Lipinski definition) is 1. The Bertz CT molecular complexity index is 442. The first-order valence-electron chi connectivity index (χ1n) is 7.78. The maximum atomic E-state index is 14.0. The minimum Gasteiger partial charge on any atom is -0.308 e. The average Bonchev–Trinajstić information content (AvgIpc) is 2.48. The molecule has 1 saturated heterocycles. The second-order valence-corrected chi connectivity index (χ2v) is 6.09. The molecule has 1 aromatic carbocycles. The van der Waals surface area contributed by atoms with Gasteiger partial charge in [-0.3, -0.25) is 4.90 Å². The Labute approximate surface area is 122 Å². The molecule has 112 valence electrons. The first-order chi connectivity index (χ1) is 9.53. The molecule has 1 N–H and O–H groups in total. The van der Waals surface area contributed by atoms with Crippen LogP contribution in [0.4, 0.5) is 4.39 Å². The lowest BCUT2D eigenvalue weighted by Crippen LogP contribution is -2.63. The van der Waals surface area contributed by atoms with E-state index in [2.05, 4.69) is 37.9 Å². The van der Waals surface area contributed by atoms with Gasteiger partial charge in [-0.05, 0) is 32.8 Å². The summed E-state index contributed by atoms with van der Waals surface area (Å²) in [5.41, 5.74) is 0.980. The van der Waals surface area contributed by atoms with E-state index in [9.17, 15) is 4.39 Å². The van der Waals surface area contributed by atoms with Crippen molar-refractivity contribution in [1.82, 2.24) is 10.2 Å². The van der Waals surface area contributed by atoms with Crippen LogP contribution >= 0.6 is 0 Å². The predicted molar refractivity (Wildman–Crippen MR) is 82.3 cm³/mol. The SMILES string of the molecule is CCC1(CC)CN(C(C)c2ccccc2F)C(C)CN1. The van der Waals surface area contributed by atoms with Crippen LogP contribution in [-0.4, -0.2) is 29.6 Å². The van der Waals surface area contributed by atoms with Crippen molar-refractivity contribution in [3.63, 3.8) is 0 Å². The molecule has 1 heterocycles. The summed E-state index contributed by atoms with van der Waals surface area (Å²) in [4.78, 5) is 2.45. The van der Waals surface area contributed by atoms with Gasteiger partial charge in [-0.2, -0.15) is 0 Å². The minimum atomic E-state index is -0.0932. The lowest BCUT2D eigenvalue weighted by atomic mass is 9.87. The Morgan fingerprint density at radius 1 is 1.35 bits per heavy atom. The second-order valence-electron chi connectivity index (χ2n) is 6.09. The van der Waals surface area contributed by atoms with Gasteiger partial charge in [0.15, 0.2) is 0 Å². The smallest absolute Gasteiger partial charge is 0.127 e. The zero-order valence-electron chi connectivity index (χ0n) is 13.1. The van der Waals surface area contributed by atoms with Crippen molar-refractivity contribution in [2.75, 3.05) is 13.1 Å². The van der Waals surface area contributed by atoms with Gasteiger partial charge in [-0.15, -0.1) is 0 Å². The predicted octanol–water partition coefficient (Wildman–Crippen LogP) is 3.74. The molecule has 0 radical (unpaired) electrons. The van der Waals surface area contributed by atoms with E-state index in [0.29, 0.717) is 6.04 Å². The van der Waals surface area contributed by atoms with Crippen LogP contribution < -0.4 is 5.32 Å². The fraction of sp³-hybridized carbons (Fsp3) is 0.647. The van der Waals surface area contributed by atoms with Gasteiger partial charge in [-0.1, -0.05) is 32.0 Å². The van der Waals surface area contributed by atoms with Crippen molar-refractivity contribution < 1.29 is 4.39 Å². The summed E-state index contributed by atoms with van der Waals surface area (Å²) in [5.74, 6) is -0.0932. The van der Waals surface area contributed by atoms with Gasteiger partial charge in [0.05, 0.1) is 0 Å². The molecule has 1 aliphatic rings. The van der Waals surface area contributed by atoms with Crippen molar-refractivity contribution >= 4 is 0 Å². The van der Waals surface area contributed by atoms with E-state index in [-0.39, 0.29) is 17.4 Å². The molecule has 0 bridgehead atoms. The third kappa shape index (κ3) is 2.89. The van der Waals surface area contributed by atoms with Gasteiger partial charge in [0.1, 0.15) is 5.82 Å². The molecule has 20 heavy (non-hydrogen) atoms. The summed E-state index contributed by atoms with van der Waals surface area (Å²) < 4.78 is 14.0. The number of rotatable bonds is 4. The van der Waals surface area contributed by atoms with Gasteiger partial charge in [0, 0.05) is 36.3 Å². The van der Waals surface area contributed by atoms with Crippen LogP contribution in [0.5, 0.6) is 0 Å². The van der Waals surface area contributed by atoms with E-state index in [1.807, 2.05) is 12.1 Å². The van der Waals surface area contributed by atoms with Crippen molar-refractivity contribution in [1.29, 1.82) is 0 Å². The van der Waals surface area contributed by atoms with Crippen molar-refractivity contribution in [2.24, 2.45) is 0 Å². The molecular weight excluding hydrogens is 251 g/mol. The number of nitrogens with zero attached hydrogens (tertiary/aromatic N) is 1. The standard InChI is InChI=1S/C17H27FN2/c1-5-17(6-2)12-20(13(3)11-19-17)14(4)15-9-7-8-10-16(15)18/h7-10,13-14,19H,5-6,11-12H2,1-4H3. The molecule has 0 aromatic heterocycles. The van der Waals surface area contributed by atoms with E-state index in [1.165, 1.54) is 0 Å². The molecule has 2 atom stereocenters. The van der Waals surface area contributed by atoms with Crippen LogP contribution in [0, 0.1) is 5.82 Å². The van der Waals surface area contributed by atoms with Crippen molar-refractivity contribution in [3.05, 3.63) is 35.6 Å². The molecule has 0 saturated carbocycles. The van der Waals surface area contributed by atoms with Crippen molar-refractivity contribution in [2.45, 2.75) is 58.2 Å². The molecule has 1 fully saturated rings. The van der Waals surface area contributed by atoms with Crippen LogP contribution in [-0.2, 0) is 0 Å². The Morgan fingerprint density at radius 2 is 2.00 bits per heavy atom. The lowest BCUT2D eigenvalue weighted by molar-refractivity contribution is 0.0485. The highest BCUT2D eigenvalue weighted by molar-refractivity contribution is 5.21. The fourth-order valence-corrected chi connectivity index (χ4v) is 3.28. The molecular formula is C17H27FN2. The van der Waals surface area contributed by atoms with Crippen LogP contribution in [0.25, 0.3) is 0 Å². The highest BCUT2D eigenvalue weighted by Crippen LogP contribution is 2.31. The highest BCUT2D eigenvalue weighted by atomic mass is 19.1. The molecule has 0 amide bonds. The number of halogens is 1. The first kappa shape index (κ1) is 15.5. The minimum absolute atomic E-state index is 0.0932. The summed E-state index contributed by atoms with van der Waals surface area (Å²) >= 11 is 0. The van der Waals surface area contributed by atoms with Crippen LogP contribution in [0.3, 0.4) is 0 Å². The summed E-state index contributed by atoms with van der Waals surface area (Å²) in [7, 11) is 0. The molecule has 0 spiro atoms. The van der Waals surface area contributed by atoms with Gasteiger partial charge in [0.25, 0.3) is 0 Å². The van der Waals surface area contributed by atoms with E-state index in [4.69, 9.17) is 0 Å². The molecule has 1 aliphatic heterocycles. The van der Waals surface area contributed by atoms with Gasteiger partial charge < -0.3 is 5.32 Å². The molecule has 2 nitrogen and oxygen atoms in total. The quantitative estimate of drug-likeness (QED) is 0.902. The zero-order valence-corrected chi connectivity index (χ0v) is 13.1. The molecule has 2 rings (SSSR count). The van der Waals surface area contributed by atoms with E-state index in [0.717, 1.165) is 31.5 Å². The van der Waals surface area contributed by atoms with Crippen LogP contribution in [0.1, 0.15) is 52.1 Å². The largest absolute Gasteiger partial charge is 0.308 e. The van der Waals surface area contributed by atoms with Gasteiger partial charge in [0.2, 0.25) is 0 Å². The average molecular weight is 278 g/mol. The third-order valence-corrected chi connectivity index (χ3v) is 5.03. The van der Waals surface area contributed by atoms with Crippen LogP contribution in [0.2, 0.25) is 0 Å². The number of hydrogen-bond acceptors (Lipinski definition) is 2. The monoisotopic (exact) mass is 278 g/mol. The van der Waals surface area contributed by atoms with E-state index in [1.54, 1.807) is 12.1 Å². The number of piperazine rings is 1. The summed E-state index contributed by atoms with van der Waals surface area (Å²) in [6.07, 6.45) is 2.22. The lowest BCUT2D eigenvalue weighted by Gasteiger charge is -2.49. The van der Waals surface area contributed by atoms with Crippen LogP contribution in [0.15, 0.2) is 24.3 Å². The zero-order chi connectivity index (χ0) is 14.8. The van der Waals surface area contributed by atoms with Gasteiger partial charge >= 0.3 is 0 Å². The number of nitrogens with one attached hydrogen (secondary N) is 1. The summed E-state index contributed by atoms with van der Waals surface area (Å²) in [6, 6.07) is 7.70. The topological polar surface area (TPSA) is 15.3 Å². The molecule has 0 aliphatic carbocycles. The molecule has 1 aromatic rings. The maximum Gasteiger partial charge on any atom is 0.127 e. The fourth-order valence-electron chi connectivity index (χ4n) is 3.28. The number of benzene rings is 1. The summed E-state index contributed by atoms with van der Waals surface area (Å²) in [6.45, 7) is 10.8. The maximum absolute atomic E-state index is 14.0. The molecule has 3 heteroatoms. The first-order valence-corrected chi connectivity index (χ1v) is 7.78. The van der Waals surface area contributed by atoms with E-state index < -0.39 is 0 Å². The van der Waals surface area contributed by atoms with E-state index >= 15 is 0 Å². The third-order valence-electron chi connectivity index (χ3n) is 5.03. The molecule has 2 unspecified atom stereocenters.